The summed E-state index contributed by atoms with van der Waals surface area (Å²) >= 11 is 3.86. The number of rotatable bonds is 3. The van der Waals surface area contributed by atoms with Gasteiger partial charge in [-0.15, -0.1) is 22.7 Å². The quantitative estimate of drug-likeness (QED) is 0.160. The molecule has 0 nitrogen and oxygen atoms in total. The lowest BCUT2D eigenvalue weighted by Gasteiger charge is -2.18. The molecule has 0 amide bonds. The molecule has 0 fully saturated rings. The van der Waals surface area contributed by atoms with Gasteiger partial charge in [-0.3, -0.25) is 0 Å². The standard InChI is InChI=1S/C52H30S2/c1-2-12-31(13-3-1)47-37-14-4-6-16-39(37)48(40-17-7-5-15-38(40)47)36-25-24-32-28-33(22-23-34(32)29-36)35-26-27-44-46(30-35)54-52-42-19-9-8-18-41(42)51-49(50(44)52)43-20-10-11-21-45(43)53-51/h1-30H. The zero-order chi connectivity index (χ0) is 35.3. The highest BCUT2D eigenvalue weighted by atomic mass is 32.1. The first-order valence-corrected chi connectivity index (χ1v) is 20.1. The van der Waals surface area contributed by atoms with Crippen LogP contribution in [0.25, 0.3) is 117 Å². The third kappa shape index (κ3) is 4.36. The number of benzene rings is 10. The van der Waals surface area contributed by atoms with Crippen molar-refractivity contribution in [3.05, 3.63) is 182 Å². The summed E-state index contributed by atoms with van der Waals surface area (Å²) in [7, 11) is 0. The van der Waals surface area contributed by atoms with Crippen molar-refractivity contribution < 1.29 is 0 Å². The topological polar surface area (TPSA) is 0 Å². The summed E-state index contributed by atoms with van der Waals surface area (Å²) in [4.78, 5) is 0. The smallest absolute Gasteiger partial charge is 0.0441 e. The van der Waals surface area contributed by atoms with E-state index in [2.05, 4.69) is 182 Å². The minimum Gasteiger partial charge on any atom is -0.135 e. The molecule has 0 radical (unpaired) electrons. The summed E-state index contributed by atoms with van der Waals surface area (Å²) in [6.07, 6.45) is 0. The summed E-state index contributed by atoms with van der Waals surface area (Å²) < 4.78 is 5.47. The van der Waals surface area contributed by atoms with Crippen LogP contribution in [-0.2, 0) is 0 Å². The van der Waals surface area contributed by atoms with Gasteiger partial charge in [-0.2, -0.15) is 0 Å². The Balaban J connectivity index is 1.01. The molecule has 2 heteroatoms. The van der Waals surface area contributed by atoms with Crippen LogP contribution in [0.2, 0.25) is 0 Å². The van der Waals surface area contributed by atoms with Crippen molar-refractivity contribution in [2.24, 2.45) is 0 Å². The van der Waals surface area contributed by atoms with Crippen LogP contribution in [-0.4, -0.2) is 0 Å². The zero-order valence-electron chi connectivity index (χ0n) is 29.1. The highest BCUT2D eigenvalue weighted by molar-refractivity contribution is 7.29. The molecule has 12 aromatic rings. The summed E-state index contributed by atoms with van der Waals surface area (Å²) in [6.45, 7) is 0. The van der Waals surface area contributed by atoms with Crippen molar-refractivity contribution in [1.82, 2.24) is 0 Å². The molecule has 10 aromatic carbocycles. The molecule has 0 aliphatic rings. The molecule has 2 heterocycles. The summed E-state index contributed by atoms with van der Waals surface area (Å²) in [5, 5.41) is 15.8. The first kappa shape index (κ1) is 30.2. The Kier molecular flexibility index (Phi) is 6.48. The molecule has 0 aliphatic carbocycles. The van der Waals surface area contributed by atoms with Gasteiger partial charge in [0.15, 0.2) is 0 Å². The molecule has 0 N–H and O–H groups in total. The van der Waals surface area contributed by atoms with Crippen LogP contribution < -0.4 is 0 Å². The van der Waals surface area contributed by atoms with E-state index in [0.29, 0.717) is 0 Å². The zero-order valence-corrected chi connectivity index (χ0v) is 30.8. The lowest BCUT2D eigenvalue weighted by atomic mass is 9.85. The SMILES string of the molecule is c1ccc(-c2c3ccccc3c(-c3ccc4cc(-c5ccc6c(c5)sc5c7ccccc7c7sc8ccccc8c7c65)ccc4c3)c3ccccc23)cc1. The first-order valence-electron chi connectivity index (χ1n) is 18.5. The Hall–Kier alpha value is -6.32. The molecule has 0 atom stereocenters. The summed E-state index contributed by atoms with van der Waals surface area (Å²) in [5.74, 6) is 0. The Morgan fingerprint density at radius 2 is 0.685 bits per heavy atom. The van der Waals surface area contributed by atoms with Crippen LogP contribution in [0.15, 0.2) is 182 Å². The van der Waals surface area contributed by atoms with Crippen molar-refractivity contribution in [1.29, 1.82) is 0 Å². The van der Waals surface area contributed by atoms with Gasteiger partial charge in [0.05, 0.1) is 0 Å². The molecular weight excluding hydrogens is 689 g/mol. The monoisotopic (exact) mass is 718 g/mol. The fraction of sp³-hybridized carbons (Fsp3) is 0. The molecule has 0 bridgehead atoms. The van der Waals surface area contributed by atoms with Crippen LogP contribution >= 0.6 is 22.7 Å². The predicted molar refractivity (Wildman–Crippen MR) is 239 cm³/mol. The molecule has 0 unspecified atom stereocenters. The molecule has 0 aliphatic heterocycles. The molecule has 54 heavy (non-hydrogen) atoms. The first-order chi connectivity index (χ1) is 26.8. The Bertz CT molecular complexity index is 3430. The van der Waals surface area contributed by atoms with Gasteiger partial charge in [0.25, 0.3) is 0 Å². The lowest BCUT2D eigenvalue weighted by molar-refractivity contribution is 1.66. The maximum absolute atomic E-state index is 2.41. The minimum atomic E-state index is 1.24. The maximum atomic E-state index is 2.41. The average Bonchev–Trinajstić information content (AvgIpc) is 3.81. The molecule has 250 valence electrons. The van der Waals surface area contributed by atoms with E-state index in [9.17, 15) is 0 Å². The van der Waals surface area contributed by atoms with Crippen molar-refractivity contribution in [2.45, 2.75) is 0 Å². The van der Waals surface area contributed by atoms with Crippen LogP contribution in [0.3, 0.4) is 0 Å². The third-order valence-electron chi connectivity index (χ3n) is 11.4. The second-order valence-electron chi connectivity index (χ2n) is 14.3. The summed E-state index contributed by atoms with van der Waals surface area (Å²) in [5.41, 5.74) is 7.58. The largest absolute Gasteiger partial charge is 0.135 e. The van der Waals surface area contributed by atoms with Gasteiger partial charge in [0, 0.05) is 51.1 Å². The van der Waals surface area contributed by atoms with E-state index in [4.69, 9.17) is 0 Å². The van der Waals surface area contributed by atoms with Crippen LogP contribution in [0, 0.1) is 0 Å². The minimum absolute atomic E-state index is 1.24. The average molecular weight is 719 g/mol. The third-order valence-corrected chi connectivity index (χ3v) is 13.8. The van der Waals surface area contributed by atoms with E-state index >= 15 is 0 Å². The van der Waals surface area contributed by atoms with Crippen molar-refractivity contribution in [3.8, 4) is 33.4 Å². The Labute approximate surface area is 319 Å². The Morgan fingerprint density at radius 1 is 0.259 bits per heavy atom. The van der Waals surface area contributed by atoms with Gasteiger partial charge in [-0.1, -0.05) is 158 Å². The van der Waals surface area contributed by atoms with Crippen molar-refractivity contribution in [2.75, 3.05) is 0 Å². The van der Waals surface area contributed by atoms with Crippen LogP contribution in [0.1, 0.15) is 0 Å². The highest BCUT2D eigenvalue weighted by Gasteiger charge is 2.19. The number of hydrogen-bond donors (Lipinski definition) is 0. The van der Waals surface area contributed by atoms with Gasteiger partial charge < -0.3 is 0 Å². The van der Waals surface area contributed by atoms with E-state index in [0.717, 1.165) is 0 Å². The van der Waals surface area contributed by atoms with Crippen LogP contribution in [0.4, 0.5) is 0 Å². The molecule has 0 spiro atoms. The van der Waals surface area contributed by atoms with E-state index in [1.165, 1.54) is 117 Å². The van der Waals surface area contributed by atoms with Crippen molar-refractivity contribution in [3.63, 3.8) is 0 Å². The number of fused-ring (bicyclic) bond motifs is 13. The molecular formula is C52H30S2. The summed E-state index contributed by atoms with van der Waals surface area (Å²) in [6, 6.07) is 67.6. The maximum Gasteiger partial charge on any atom is 0.0441 e. The van der Waals surface area contributed by atoms with E-state index in [-0.39, 0.29) is 0 Å². The lowest BCUT2D eigenvalue weighted by Crippen LogP contribution is -1.90. The van der Waals surface area contributed by atoms with E-state index in [1.807, 2.05) is 22.7 Å². The molecule has 0 saturated heterocycles. The molecule has 0 saturated carbocycles. The number of thiophene rings is 2. The van der Waals surface area contributed by atoms with Gasteiger partial charge >= 0.3 is 0 Å². The number of hydrogen-bond acceptors (Lipinski definition) is 2. The van der Waals surface area contributed by atoms with Gasteiger partial charge in [-0.05, 0) is 90.0 Å². The van der Waals surface area contributed by atoms with Gasteiger partial charge in [0.2, 0.25) is 0 Å². The fourth-order valence-corrected chi connectivity index (χ4v) is 11.5. The predicted octanol–water partition coefficient (Wildman–Crippen LogP) is 16.0. The van der Waals surface area contributed by atoms with E-state index < -0.39 is 0 Å². The van der Waals surface area contributed by atoms with E-state index in [1.54, 1.807) is 0 Å². The van der Waals surface area contributed by atoms with Gasteiger partial charge in [0.1, 0.15) is 0 Å². The van der Waals surface area contributed by atoms with Crippen molar-refractivity contribution >= 4 is 106 Å². The molecule has 12 rings (SSSR count). The second kappa shape index (κ2) is 11.6. The van der Waals surface area contributed by atoms with Crippen LogP contribution in [0.5, 0.6) is 0 Å². The highest BCUT2D eigenvalue weighted by Crippen LogP contribution is 2.50. The Morgan fingerprint density at radius 3 is 1.31 bits per heavy atom. The fourth-order valence-electron chi connectivity index (χ4n) is 9.01. The molecule has 2 aromatic heterocycles. The second-order valence-corrected chi connectivity index (χ2v) is 16.5. The van der Waals surface area contributed by atoms with Gasteiger partial charge in [-0.25, -0.2) is 0 Å². The normalized spacial score (nSPS) is 12.1.